The summed E-state index contributed by atoms with van der Waals surface area (Å²) >= 11 is 0. The molecule has 2 aliphatic carbocycles. The van der Waals surface area contributed by atoms with Crippen LogP contribution in [0.4, 0.5) is 0 Å². The van der Waals surface area contributed by atoms with Crippen molar-refractivity contribution in [3.05, 3.63) is 47.5 Å². The lowest BCUT2D eigenvalue weighted by atomic mass is 9.91. The third-order valence-corrected chi connectivity index (χ3v) is 9.95. The van der Waals surface area contributed by atoms with E-state index in [4.69, 9.17) is 20.9 Å². The molecular weight excluding hydrogens is 743 g/mol. The van der Waals surface area contributed by atoms with E-state index in [1.807, 2.05) is 13.8 Å². The Balaban J connectivity index is 0.000000281. The van der Waals surface area contributed by atoms with Gasteiger partial charge in [0.2, 0.25) is 0 Å². The van der Waals surface area contributed by atoms with E-state index in [1.54, 1.807) is 67.2 Å². The summed E-state index contributed by atoms with van der Waals surface area (Å²) < 4.78 is 20.2. The number of hydrogen-bond acceptors (Lipinski definition) is 14. The van der Waals surface area contributed by atoms with E-state index >= 15 is 0 Å². The van der Waals surface area contributed by atoms with Gasteiger partial charge in [0.1, 0.15) is 46.4 Å². The van der Waals surface area contributed by atoms with Gasteiger partial charge >= 0.3 is 11.9 Å². The molecule has 296 valence electrons. The van der Waals surface area contributed by atoms with Crippen LogP contribution < -0.4 is 11.5 Å². The van der Waals surface area contributed by atoms with E-state index in [0.29, 0.717) is 33.2 Å². The van der Waals surface area contributed by atoms with Crippen LogP contribution in [0, 0.1) is 5.92 Å². The molecule has 2 aromatic heterocycles. The summed E-state index contributed by atoms with van der Waals surface area (Å²) in [6, 6.07) is 9.29. The summed E-state index contributed by atoms with van der Waals surface area (Å²) in [4.78, 5) is 52.6. The quantitative estimate of drug-likeness (QED) is 0.223. The summed E-state index contributed by atoms with van der Waals surface area (Å²) in [5.41, 5.74) is 14.8. The zero-order valence-electron chi connectivity index (χ0n) is 31.1. The molecule has 16 nitrogen and oxygen atoms in total. The number of fused-ring (bicyclic) bond motifs is 2. The van der Waals surface area contributed by atoms with Gasteiger partial charge in [-0.15, -0.1) is 24.8 Å². The minimum atomic E-state index is -0.608. The first-order chi connectivity index (χ1) is 24.8. The number of amides is 2. The van der Waals surface area contributed by atoms with Crippen LogP contribution in [0.3, 0.4) is 0 Å². The van der Waals surface area contributed by atoms with E-state index < -0.39 is 12.1 Å². The smallest absolute Gasteiger partial charge is 0.323 e. The number of rotatable bonds is 9. The Kier molecular flexibility index (Phi) is 16.1. The average Bonchev–Trinajstić information content (AvgIpc) is 3.83. The Morgan fingerprint density at radius 3 is 1.37 bits per heavy atom. The van der Waals surface area contributed by atoms with Crippen molar-refractivity contribution in [3.8, 4) is 0 Å². The summed E-state index contributed by atoms with van der Waals surface area (Å²) in [5, 5.41) is 15.0. The van der Waals surface area contributed by atoms with E-state index in [2.05, 4.69) is 29.9 Å². The molecule has 2 heterocycles. The van der Waals surface area contributed by atoms with Crippen molar-refractivity contribution in [1.82, 2.24) is 30.4 Å². The van der Waals surface area contributed by atoms with Crippen molar-refractivity contribution in [2.75, 3.05) is 14.1 Å². The average molecular weight is 794 g/mol. The molecule has 0 radical (unpaired) electrons. The van der Waals surface area contributed by atoms with Gasteiger partial charge in [-0.05, 0) is 121 Å². The van der Waals surface area contributed by atoms with Gasteiger partial charge in [0.15, 0.2) is 0 Å². The lowest BCUT2D eigenvalue weighted by Crippen LogP contribution is -2.43. The number of carbonyl (C=O) groups excluding carboxylic acids is 4. The zero-order valence-corrected chi connectivity index (χ0v) is 32.7. The zero-order chi connectivity index (χ0) is 37.5. The van der Waals surface area contributed by atoms with Crippen LogP contribution in [-0.2, 0) is 19.1 Å². The molecule has 0 spiro atoms. The first kappa shape index (κ1) is 44.0. The van der Waals surface area contributed by atoms with Crippen LogP contribution in [0.5, 0.6) is 0 Å². The van der Waals surface area contributed by atoms with Crippen LogP contribution in [-0.4, -0.2) is 105 Å². The number of esters is 2. The molecule has 0 aliphatic heterocycles. The number of hydrogen-bond donors (Lipinski definition) is 2. The molecule has 2 atom stereocenters. The molecule has 2 aromatic carbocycles. The van der Waals surface area contributed by atoms with Gasteiger partial charge in [-0.3, -0.25) is 19.2 Å². The maximum atomic E-state index is 12.8. The predicted molar refractivity (Wildman–Crippen MR) is 203 cm³/mol. The molecule has 4 N–H and O–H groups in total. The second-order valence-electron chi connectivity index (χ2n) is 14.1. The molecule has 2 saturated carbocycles. The first-order valence-corrected chi connectivity index (χ1v) is 17.7. The van der Waals surface area contributed by atoms with Crippen molar-refractivity contribution in [2.45, 2.75) is 109 Å². The Labute approximate surface area is 325 Å². The maximum absolute atomic E-state index is 12.8. The van der Waals surface area contributed by atoms with Crippen LogP contribution in [0.15, 0.2) is 45.7 Å². The maximum Gasteiger partial charge on any atom is 0.323 e. The van der Waals surface area contributed by atoms with E-state index in [1.165, 1.54) is 0 Å². The third kappa shape index (κ3) is 10.9. The molecule has 0 unspecified atom stereocenters. The summed E-state index contributed by atoms with van der Waals surface area (Å²) in [6.07, 6.45) is 5.81. The van der Waals surface area contributed by atoms with Gasteiger partial charge in [0.05, 0.1) is 0 Å². The van der Waals surface area contributed by atoms with Crippen LogP contribution >= 0.6 is 24.8 Å². The van der Waals surface area contributed by atoms with Gasteiger partial charge in [-0.25, -0.2) is 9.26 Å². The molecule has 18 heteroatoms. The number of benzene rings is 2. The molecular formula is C36H50Cl2N8O8. The molecule has 0 bridgehead atoms. The number of nitrogens with two attached hydrogens (primary N) is 2. The third-order valence-electron chi connectivity index (χ3n) is 9.95. The molecule has 54 heavy (non-hydrogen) atoms. The molecule has 0 saturated heterocycles. The highest BCUT2D eigenvalue weighted by atomic mass is 35.5. The topological polar surface area (TPSA) is 223 Å². The van der Waals surface area contributed by atoms with E-state index in [-0.39, 0.29) is 78.8 Å². The van der Waals surface area contributed by atoms with E-state index in [9.17, 15) is 19.2 Å². The molecule has 2 amide bonds. The second-order valence-corrected chi connectivity index (χ2v) is 14.1. The van der Waals surface area contributed by atoms with Crippen molar-refractivity contribution in [1.29, 1.82) is 0 Å². The van der Waals surface area contributed by atoms with Gasteiger partial charge in [-0.1, -0.05) is 13.8 Å². The number of halogens is 2. The van der Waals surface area contributed by atoms with Crippen LogP contribution in [0.25, 0.3) is 22.1 Å². The van der Waals surface area contributed by atoms with Crippen molar-refractivity contribution in [3.63, 3.8) is 0 Å². The summed E-state index contributed by atoms with van der Waals surface area (Å²) in [5.74, 6) is -0.798. The van der Waals surface area contributed by atoms with E-state index in [0.717, 1.165) is 51.4 Å². The largest absolute Gasteiger partial charge is 0.461 e. The molecule has 2 fully saturated rings. The molecule has 4 aromatic rings. The lowest BCUT2D eigenvalue weighted by molar-refractivity contribution is -0.154. The lowest BCUT2D eigenvalue weighted by Gasteiger charge is -2.35. The van der Waals surface area contributed by atoms with Gasteiger partial charge in [0, 0.05) is 37.3 Å². The van der Waals surface area contributed by atoms with Crippen molar-refractivity contribution >= 4 is 70.6 Å². The monoisotopic (exact) mass is 792 g/mol. The highest BCUT2D eigenvalue weighted by molar-refractivity contribution is 5.98. The Morgan fingerprint density at radius 2 is 1.00 bits per heavy atom. The Bertz CT molecular complexity index is 1850. The van der Waals surface area contributed by atoms with Gasteiger partial charge in [0.25, 0.3) is 11.8 Å². The number of ether oxygens (including phenoxy) is 2. The summed E-state index contributed by atoms with van der Waals surface area (Å²) in [7, 11) is 3.60. The Hall–Kier alpha value is -4.38. The predicted octanol–water partition coefficient (Wildman–Crippen LogP) is 4.47. The minimum Gasteiger partial charge on any atom is -0.461 e. The highest BCUT2D eigenvalue weighted by Gasteiger charge is 2.31. The Morgan fingerprint density at radius 1 is 0.630 bits per heavy atom. The normalized spacial score (nSPS) is 20.7. The van der Waals surface area contributed by atoms with Gasteiger partial charge in [-0.2, -0.15) is 0 Å². The minimum absolute atomic E-state index is 0. The second kappa shape index (κ2) is 19.8. The van der Waals surface area contributed by atoms with Crippen molar-refractivity contribution in [2.24, 2.45) is 17.4 Å². The van der Waals surface area contributed by atoms with Crippen molar-refractivity contribution < 1.29 is 37.9 Å². The molecule has 6 rings (SSSR count). The number of aromatic nitrogens is 4. The van der Waals surface area contributed by atoms with Crippen LogP contribution in [0.2, 0.25) is 0 Å². The first-order valence-electron chi connectivity index (χ1n) is 17.7. The van der Waals surface area contributed by atoms with Crippen LogP contribution in [0.1, 0.15) is 92.9 Å². The summed E-state index contributed by atoms with van der Waals surface area (Å²) in [6.45, 7) is 5.41. The fourth-order valence-electron chi connectivity index (χ4n) is 6.46. The standard InChI is InChI=1S/C19H26N4O4.C17H22N4O4.2ClH/c1-11(2)17(20)19(25)26-14-7-5-13(6-8-14)23(3)18(24)12-4-9-15-16(10-12)22-27-21-15;1-10(18)17(23)24-13-6-4-12(5-7-13)21(2)16(22)11-3-8-14-15(9-11)20-25-19-14;;/h4,9-11,13-14,17H,5-8,20H2,1-3H3;3,8-10,12-13H,4-7,18H2,1-2H3;2*1H/t13?,14?,17-;10-,12?,13?;;/m00../s1. The SMILES string of the molecule is CC(C)[C@H](N)C(=O)OC1CCC(N(C)C(=O)c2ccc3nonc3c2)CC1.C[C@H](N)C(=O)OC1CCC(N(C)C(=O)c2ccc3nonc3c2)CC1.Cl.Cl. The fraction of sp³-hybridized carbons (Fsp3) is 0.556. The molecule has 2 aliphatic rings. The number of carbonyl (C=O) groups is 4. The van der Waals surface area contributed by atoms with Gasteiger partial charge < -0.3 is 30.7 Å². The number of nitrogens with zero attached hydrogens (tertiary/aromatic N) is 6. The fourth-order valence-corrected chi connectivity index (χ4v) is 6.46. The highest BCUT2D eigenvalue weighted by Crippen LogP contribution is 2.28.